The lowest BCUT2D eigenvalue weighted by Crippen LogP contribution is -2.24. The lowest BCUT2D eigenvalue weighted by molar-refractivity contribution is -0.137. The van der Waals surface area contributed by atoms with Crippen molar-refractivity contribution in [1.29, 1.82) is 0 Å². The molecule has 9 heteroatoms. The van der Waals surface area contributed by atoms with Crippen LogP contribution in [0.3, 0.4) is 0 Å². The summed E-state index contributed by atoms with van der Waals surface area (Å²) in [5.41, 5.74) is 4.09. The summed E-state index contributed by atoms with van der Waals surface area (Å²) in [5.74, 6) is -3.11. The summed E-state index contributed by atoms with van der Waals surface area (Å²) in [6.45, 7) is 0. The number of halogens is 5. The van der Waals surface area contributed by atoms with Crippen LogP contribution < -0.4 is 11.2 Å². The van der Waals surface area contributed by atoms with Gasteiger partial charge >= 0.3 is 12.2 Å². The van der Waals surface area contributed by atoms with Gasteiger partial charge in [-0.15, -0.1) is 0 Å². The number of alkyl halides is 3. The van der Waals surface area contributed by atoms with Crippen LogP contribution in [0.15, 0.2) is 17.2 Å². The number of amides is 2. The van der Waals surface area contributed by atoms with E-state index in [0.717, 1.165) is 0 Å². The number of carbonyl (C=O) groups is 1. The zero-order chi connectivity index (χ0) is 13.9. The molecule has 0 aliphatic carbocycles. The molecular weight excluding hydrogens is 261 g/mol. The van der Waals surface area contributed by atoms with Crippen LogP contribution in [0.5, 0.6) is 0 Å². The van der Waals surface area contributed by atoms with Gasteiger partial charge in [0.25, 0.3) is 0 Å². The predicted molar refractivity (Wildman–Crippen MR) is 51.7 cm³/mol. The van der Waals surface area contributed by atoms with Crippen LogP contribution in [0.2, 0.25) is 0 Å². The Kier molecular flexibility index (Phi) is 3.84. The molecule has 0 atom stereocenters. The minimum atomic E-state index is -4.89. The smallest absolute Gasteiger partial charge is 0.350 e. The van der Waals surface area contributed by atoms with E-state index in [0.29, 0.717) is 12.3 Å². The molecule has 98 valence electrons. The van der Waals surface area contributed by atoms with Gasteiger partial charge in [-0.25, -0.2) is 19.0 Å². The van der Waals surface area contributed by atoms with Crippen LogP contribution in [0, 0.1) is 11.6 Å². The highest BCUT2D eigenvalue weighted by atomic mass is 19.4. The summed E-state index contributed by atoms with van der Waals surface area (Å²) in [4.78, 5) is 10.2. The number of hydrazone groups is 1. The van der Waals surface area contributed by atoms with E-state index >= 15 is 0 Å². The fraction of sp³-hybridized carbons (Fsp3) is 0.111. The normalized spacial score (nSPS) is 11.8. The molecule has 0 bridgehead atoms. The molecule has 0 unspecified atom stereocenters. The van der Waals surface area contributed by atoms with Crippen molar-refractivity contribution in [2.45, 2.75) is 6.18 Å². The maximum absolute atomic E-state index is 12.8. The van der Waals surface area contributed by atoms with Crippen molar-refractivity contribution in [3.05, 3.63) is 34.9 Å². The predicted octanol–water partition coefficient (Wildman–Crippen LogP) is 1.99. The van der Waals surface area contributed by atoms with Gasteiger partial charge in [-0.05, 0) is 12.1 Å². The number of hydrogen-bond acceptors (Lipinski definition) is 2. The maximum atomic E-state index is 12.8. The molecule has 0 fully saturated rings. The van der Waals surface area contributed by atoms with E-state index in [1.54, 1.807) is 5.43 Å². The number of rotatable bonds is 2. The Morgan fingerprint density at radius 2 is 1.83 bits per heavy atom. The molecule has 1 aromatic rings. The highest BCUT2D eigenvalue weighted by Crippen LogP contribution is 2.32. The van der Waals surface area contributed by atoms with Gasteiger partial charge in [0, 0.05) is 5.56 Å². The lowest BCUT2D eigenvalue weighted by atomic mass is 10.1. The molecule has 0 heterocycles. The zero-order valence-corrected chi connectivity index (χ0v) is 8.55. The molecule has 18 heavy (non-hydrogen) atoms. The molecule has 0 aliphatic rings. The zero-order valence-electron chi connectivity index (χ0n) is 8.55. The third-order valence-corrected chi connectivity index (χ3v) is 1.78. The number of primary amides is 1. The van der Waals surface area contributed by atoms with Crippen molar-refractivity contribution in [2.75, 3.05) is 0 Å². The van der Waals surface area contributed by atoms with Crippen LogP contribution >= 0.6 is 0 Å². The van der Waals surface area contributed by atoms with Crippen LogP contribution in [0.1, 0.15) is 11.1 Å². The van der Waals surface area contributed by atoms with Crippen LogP contribution in [0.25, 0.3) is 0 Å². The molecular formula is C9H6F5N3O. The van der Waals surface area contributed by atoms with Crippen molar-refractivity contribution < 1.29 is 26.7 Å². The average Bonchev–Trinajstić information content (AvgIpc) is 2.20. The molecule has 0 aliphatic heterocycles. The first kappa shape index (κ1) is 13.9. The molecule has 1 rings (SSSR count). The molecule has 3 N–H and O–H groups in total. The van der Waals surface area contributed by atoms with Crippen molar-refractivity contribution in [1.82, 2.24) is 5.43 Å². The van der Waals surface area contributed by atoms with Gasteiger partial charge in [0.2, 0.25) is 0 Å². The van der Waals surface area contributed by atoms with E-state index in [9.17, 15) is 26.7 Å². The third-order valence-electron chi connectivity index (χ3n) is 1.78. The molecule has 0 spiro atoms. The molecule has 0 saturated heterocycles. The summed E-state index contributed by atoms with van der Waals surface area (Å²) >= 11 is 0. The van der Waals surface area contributed by atoms with Gasteiger partial charge < -0.3 is 5.73 Å². The maximum Gasteiger partial charge on any atom is 0.417 e. The van der Waals surface area contributed by atoms with Crippen molar-refractivity contribution in [3.8, 4) is 0 Å². The minimum absolute atomic E-state index is 0.000946. The fourth-order valence-electron chi connectivity index (χ4n) is 1.08. The summed E-state index contributed by atoms with van der Waals surface area (Å²) < 4.78 is 63.0. The Hall–Kier alpha value is -2.19. The third kappa shape index (κ3) is 3.40. The van der Waals surface area contributed by atoms with Crippen LogP contribution in [-0.2, 0) is 6.18 Å². The Morgan fingerprint density at radius 1 is 1.28 bits per heavy atom. The van der Waals surface area contributed by atoms with E-state index < -0.39 is 35.0 Å². The second-order valence-corrected chi connectivity index (χ2v) is 3.09. The number of urea groups is 1. The molecule has 1 aromatic carbocycles. The first-order chi connectivity index (χ1) is 8.21. The Bertz CT molecular complexity index is 498. The van der Waals surface area contributed by atoms with Crippen molar-refractivity contribution >= 4 is 12.2 Å². The highest BCUT2D eigenvalue weighted by Gasteiger charge is 2.34. The topological polar surface area (TPSA) is 67.5 Å². The number of nitrogens with zero attached hydrogens (tertiary/aromatic N) is 1. The van der Waals surface area contributed by atoms with Gasteiger partial charge in [-0.2, -0.15) is 18.3 Å². The second kappa shape index (κ2) is 4.98. The lowest BCUT2D eigenvalue weighted by Gasteiger charge is -2.10. The Balaban J connectivity index is 3.20. The number of carbonyl (C=O) groups excluding carboxylic acids is 1. The summed E-state index contributed by atoms with van der Waals surface area (Å²) in [7, 11) is 0. The molecule has 0 radical (unpaired) electrons. The summed E-state index contributed by atoms with van der Waals surface area (Å²) in [6.07, 6.45) is -4.38. The fourth-order valence-corrected chi connectivity index (χ4v) is 1.08. The Morgan fingerprint density at radius 3 is 2.33 bits per heavy atom. The summed E-state index contributed by atoms with van der Waals surface area (Å²) in [6, 6.07) is -0.798. The quantitative estimate of drug-likeness (QED) is 0.480. The monoisotopic (exact) mass is 267 g/mol. The van der Waals surface area contributed by atoms with E-state index in [2.05, 4.69) is 10.8 Å². The largest absolute Gasteiger partial charge is 0.417 e. The number of benzene rings is 1. The number of nitrogens with two attached hydrogens (primary N) is 1. The molecule has 0 aromatic heterocycles. The first-order valence-corrected chi connectivity index (χ1v) is 4.36. The number of nitrogens with one attached hydrogen (secondary N) is 1. The standard InChI is InChI=1S/C9H6F5N3O/c10-6-1-4(3-16-17-8(15)18)5(2-7(6)11)9(12,13)14/h1-3H,(H3,15,17,18). The average molecular weight is 267 g/mol. The van der Waals surface area contributed by atoms with E-state index in [4.69, 9.17) is 0 Å². The van der Waals surface area contributed by atoms with E-state index in [-0.39, 0.29) is 6.07 Å². The second-order valence-electron chi connectivity index (χ2n) is 3.09. The van der Waals surface area contributed by atoms with Gasteiger partial charge in [0.1, 0.15) is 0 Å². The summed E-state index contributed by atoms with van der Waals surface area (Å²) in [5, 5.41) is 3.05. The molecule has 2 amide bonds. The Labute approximate surface area is 97.3 Å². The van der Waals surface area contributed by atoms with Gasteiger partial charge in [-0.1, -0.05) is 0 Å². The van der Waals surface area contributed by atoms with E-state index in [1.165, 1.54) is 0 Å². The van der Waals surface area contributed by atoms with Crippen molar-refractivity contribution in [2.24, 2.45) is 10.8 Å². The first-order valence-electron chi connectivity index (χ1n) is 4.36. The van der Waals surface area contributed by atoms with Crippen LogP contribution in [-0.4, -0.2) is 12.2 Å². The van der Waals surface area contributed by atoms with Gasteiger partial charge in [-0.3, -0.25) is 0 Å². The van der Waals surface area contributed by atoms with Gasteiger partial charge in [0.05, 0.1) is 11.8 Å². The number of hydrogen-bond donors (Lipinski definition) is 2. The van der Waals surface area contributed by atoms with Gasteiger partial charge in [0.15, 0.2) is 11.6 Å². The molecule has 4 nitrogen and oxygen atoms in total. The minimum Gasteiger partial charge on any atom is -0.350 e. The highest BCUT2D eigenvalue weighted by molar-refractivity contribution is 5.83. The van der Waals surface area contributed by atoms with Crippen LogP contribution in [0.4, 0.5) is 26.7 Å². The van der Waals surface area contributed by atoms with Crippen molar-refractivity contribution in [3.63, 3.8) is 0 Å². The van der Waals surface area contributed by atoms with E-state index in [1.807, 2.05) is 0 Å². The SMILES string of the molecule is NC(=O)NN=Cc1cc(F)c(F)cc1C(F)(F)F. The molecule has 0 saturated carbocycles.